The van der Waals surface area contributed by atoms with Crippen LogP contribution in [-0.4, -0.2) is 49.3 Å². The average molecular weight is 300 g/mol. The van der Waals surface area contributed by atoms with Crippen molar-refractivity contribution in [3.05, 3.63) is 33.3 Å². The van der Waals surface area contributed by atoms with Gasteiger partial charge >= 0.3 is 0 Å². The molecule has 0 saturated carbocycles. The summed E-state index contributed by atoms with van der Waals surface area (Å²) in [6.45, 7) is 2.78. The smallest absolute Gasteiger partial charge is 0.233 e. The quantitative estimate of drug-likeness (QED) is 0.854. The summed E-state index contributed by atoms with van der Waals surface area (Å²) in [5.41, 5.74) is 1.29. The first kappa shape index (κ1) is 14.8. The van der Waals surface area contributed by atoms with Crippen molar-refractivity contribution in [2.45, 2.75) is 19.0 Å². The Bertz CT molecular complexity index is 454. The Hall–Kier alpha value is -0.610. The first-order chi connectivity index (χ1) is 9.01. The maximum atomic E-state index is 10.6. The van der Waals surface area contributed by atoms with Crippen LogP contribution in [0.5, 0.6) is 0 Å². The monoisotopic (exact) mass is 299 g/mol. The van der Waals surface area contributed by atoms with Crippen LogP contribution in [0.4, 0.5) is 0 Å². The van der Waals surface area contributed by atoms with E-state index >= 15 is 0 Å². The Morgan fingerprint density at radius 3 is 2.47 bits per heavy atom. The fourth-order valence-electron chi connectivity index (χ4n) is 2.41. The Kier molecular flexibility index (Phi) is 4.85. The second-order valence-electron chi connectivity index (χ2n) is 5.16. The van der Waals surface area contributed by atoms with Gasteiger partial charge in [0.05, 0.1) is 0 Å². The molecule has 1 radical (unpaired) electrons. The SMILES string of the molecule is CN(C)[C@H]1CCN(Cc2c(Cl)cc([C]=O)cc2Cl)C1. The average Bonchev–Trinajstić information content (AvgIpc) is 2.82. The zero-order chi connectivity index (χ0) is 14.0. The first-order valence-corrected chi connectivity index (χ1v) is 7.01. The van der Waals surface area contributed by atoms with Crippen molar-refractivity contribution in [2.24, 2.45) is 0 Å². The minimum Gasteiger partial charge on any atom is -0.305 e. The number of benzene rings is 1. The highest BCUT2D eigenvalue weighted by molar-refractivity contribution is 6.36. The number of hydrogen-bond acceptors (Lipinski definition) is 3. The van der Waals surface area contributed by atoms with Gasteiger partial charge in [-0.05, 0) is 32.6 Å². The third-order valence-corrected chi connectivity index (χ3v) is 4.29. The van der Waals surface area contributed by atoms with Crippen LogP contribution >= 0.6 is 23.2 Å². The molecule has 0 amide bonds. The molecule has 0 aliphatic carbocycles. The summed E-state index contributed by atoms with van der Waals surface area (Å²) in [5.74, 6) is 0. The number of likely N-dealkylation sites (N-methyl/N-ethyl adjacent to an activating group) is 1. The van der Waals surface area contributed by atoms with E-state index in [4.69, 9.17) is 23.2 Å². The minimum atomic E-state index is 0.395. The number of likely N-dealkylation sites (tertiary alicyclic amines) is 1. The van der Waals surface area contributed by atoms with Crippen molar-refractivity contribution in [3.63, 3.8) is 0 Å². The molecule has 1 aromatic carbocycles. The van der Waals surface area contributed by atoms with Crippen molar-refractivity contribution < 1.29 is 4.79 Å². The van der Waals surface area contributed by atoms with E-state index in [1.54, 1.807) is 12.1 Å². The van der Waals surface area contributed by atoms with E-state index in [-0.39, 0.29) is 0 Å². The molecule has 103 valence electrons. The van der Waals surface area contributed by atoms with Gasteiger partial charge in [0.2, 0.25) is 6.29 Å². The van der Waals surface area contributed by atoms with Crippen LogP contribution in [-0.2, 0) is 11.3 Å². The van der Waals surface area contributed by atoms with Crippen LogP contribution < -0.4 is 0 Å². The molecule has 2 rings (SSSR count). The van der Waals surface area contributed by atoms with Crippen molar-refractivity contribution in [2.75, 3.05) is 27.2 Å². The lowest BCUT2D eigenvalue weighted by molar-refractivity contribution is 0.265. The van der Waals surface area contributed by atoms with Crippen LogP contribution in [0.2, 0.25) is 10.0 Å². The third-order valence-electron chi connectivity index (χ3n) is 3.62. The van der Waals surface area contributed by atoms with Gasteiger partial charge in [-0.15, -0.1) is 0 Å². The van der Waals surface area contributed by atoms with E-state index in [1.165, 1.54) is 0 Å². The van der Waals surface area contributed by atoms with Gasteiger partial charge < -0.3 is 4.90 Å². The molecule has 1 aliphatic rings. The molecule has 0 N–H and O–H groups in total. The Morgan fingerprint density at radius 1 is 1.37 bits per heavy atom. The topological polar surface area (TPSA) is 23.6 Å². The molecule has 0 bridgehead atoms. The van der Waals surface area contributed by atoms with Crippen molar-refractivity contribution >= 4 is 29.5 Å². The standard InChI is InChI=1S/C14H17Cl2N2O/c1-17(2)11-3-4-18(7-11)8-12-13(15)5-10(9-19)6-14(12)16/h5-6,11H,3-4,7-8H2,1-2H3/t11-/m0/s1. The Balaban J connectivity index is 2.10. The maximum Gasteiger partial charge on any atom is 0.233 e. The molecular weight excluding hydrogens is 283 g/mol. The zero-order valence-electron chi connectivity index (χ0n) is 11.1. The summed E-state index contributed by atoms with van der Waals surface area (Å²) in [6, 6.07) is 3.82. The second-order valence-corrected chi connectivity index (χ2v) is 5.98. The van der Waals surface area contributed by atoms with Gasteiger partial charge in [0.15, 0.2) is 0 Å². The lowest BCUT2D eigenvalue weighted by Gasteiger charge is -2.21. The van der Waals surface area contributed by atoms with E-state index < -0.39 is 0 Å². The van der Waals surface area contributed by atoms with Crippen LogP contribution in [0, 0.1) is 0 Å². The molecule has 0 spiro atoms. The highest BCUT2D eigenvalue weighted by atomic mass is 35.5. The van der Waals surface area contributed by atoms with Gasteiger partial charge in [-0.1, -0.05) is 23.2 Å². The molecule has 0 unspecified atom stereocenters. The fraction of sp³-hybridized carbons (Fsp3) is 0.500. The Morgan fingerprint density at radius 2 is 2.00 bits per heavy atom. The van der Waals surface area contributed by atoms with Gasteiger partial charge in [-0.2, -0.15) is 0 Å². The fourth-order valence-corrected chi connectivity index (χ4v) is 3.02. The van der Waals surface area contributed by atoms with Gasteiger partial charge in [-0.25, -0.2) is 0 Å². The van der Waals surface area contributed by atoms with E-state index in [1.807, 2.05) is 6.29 Å². The highest BCUT2D eigenvalue weighted by Crippen LogP contribution is 2.28. The molecule has 1 fully saturated rings. The maximum absolute atomic E-state index is 10.6. The normalized spacial score (nSPS) is 20.2. The second kappa shape index (κ2) is 6.23. The zero-order valence-corrected chi connectivity index (χ0v) is 12.6. The predicted octanol–water partition coefficient (Wildman–Crippen LogP) is 2.59. The highest BCUT2D eigenvalue weighted by Gasteiger charge is 2.25. The minimum absolute atomic E-state index is 0.395. The number of carbonyl (C=O) groups excluding carboxylic acids is 1. The van der Waals surface area contributed by atoms with Crippen LogP contribution in [0.25, 0.3) is 0 Å². The summed E-state index contributed by atoms with van der Waals surface area (Å²) in [5, 5.41) is 1.08. The molecule has 0 aromatic heterocycles. The lowest BCUT2D eigenvalue weighted by Crippen LogP contribution is -2.31. The largest absolute Gasteiger partial charge is 0.305 e. The van der Waals surface area contributed by atoms with E-state index in [9.17, 15) is 4.79 Å². The van der Waals surface area contributed by atoms with Crippen molar-refractivity contribution in [1.29, 1.82) is 0 Å². The molecule has 1 atom stereocenters. The molecule has 19 heavy (non-hydrogen) atoms. The number of rotatable bonds is 4. The van der Waals surface area contributed by atoms with Crippen LogP contribution in [0.3, 0.4) is 0 Å². The van der Waals surface area contributed by atoms with E-state index in [0.29, 0.717) is 21.7 Å². The molecule has 1 aromatic rings. The van der Waals surface area contributed by atoms with Crippen LogP contribution in [0.1, 0.15) is 17.5 Å². The number of hydrogen-bond donors (Lipinski definition) is 0. The van der Waals surface area contributed by atoms with Gasteiger partial charge in [0, 0.05) is 46.8 Å². The number of nitrogens with zero attached hydrogens (tertiary/aromatic N) is 2. The summed E-state index contributed by atoms with van der Waals surface area (Å²) in [7, 11) is 4.20. The summed E-state index contributed by atoms with van der Waals surface area (Å²) in [4.78, 5) is 15.2. The van der Waals surface area contributed by atoms with Crippen LogP contribution in [0.15, 0.2) is 12.1 Å². The van der Waals surface area contributed by atoms with Crippen molar-refractivity contribution in [1.82, 2.24) is 9.80 Å². The third kappa shape index (κ3) is 3.48. The Labute approximate surface area is 124 Å². The molecule has 1 saturated heterocycles. The molecule has 3 nitrogen and oxygen atoms in total. The van der Waals surface area contributed by atoms with Crippen molar-refractivity contribution in [3.8, 4) is 0 Å². The molecular formula is C14H17Cl2N2O. The summed E-state index contributed by atoms with van der Waals surface area (Å²) in [6.07, 6.45) is 2.97. The first-order valence-electron chi connectivity index (χ1n) is 6.26. The molecule has 5 heteroatoms. The summed E-state index contributed by atoms with van der Waals surface area (Å²) < 4.78 is 0. The molecule has 1 heterocycles. The molecule has 1 aliphatic heterocycles. The van der Waals surface area contributed by atoms with Gasteiger partial charge in [0.1, 0.15) is 0 Å². The van der Waals surface area contributed by atoms with E-state index in [0.717, 1.165) is 31.6 Å². The predicted molar refractivity (Wildman–Crippen MR) is 78.6 cm³/mol. The van der Waals surface area contributed by atoms with Gasteiger partial charge in [-0.3, -0.25) is 9.69 Å². The lowest BCUT2D eigenvalue weighted by atomic mass is 10.1. The number of halogens is 2. The van der Waals surface area contributed by atoms with E-state index in [2.05, 4.69) is 23.9 Å². The van der Waals surface area contributed by atoms with Gasteiger partial charge in [0.25, 0.3) is 0 Å². The summed E-state index contributed by atoms with van der Waals surface area (Å²) >= 11 is 12.4.